The van der Waals surface area contributed by atoms with Gasteiger partial charge in [0.25, 0.3) is 0 Å². The van der Waals surface area contributed by atoms with Crippen molar-refractivity contribution >= 4 is 16.9 Å². The largest absolute Gasteiger partial charge is 0.383 e. The summed E-state index contributed by atoms with van der Waals surface area (Å²) in [6, 6.07) is 0. The molecule has 98 valence electrons. The summed E-state index contributed by atoms with van der Waals surface area (Å²) in [5.41, 5.74) is 6.33. The van der Waals surface area contributed by atoms with Gasteiger partial charge in [0.2, 0.25) is 0 Å². The van der Waals surface area contributed by atoms with Crippen molar-refractivity contribution in [1.82, 2.24) is 19.7 Å². The van der Waals surface area contributed by atoms with Crippen molar-refractivity contribution in [3.63, 3.8) is 0 Å². The standard InChI is InChI=1S/C11H17N5O2/c1-3-17-9(18-4-2)6-16-5-8-10(12)13-7-14-11(8)15-16/h5,7,9H,3-4,6H2,1-2H3,(H2,12,13,14,15). The smallest absolute Gasteiger partial charge is 0.186 e. The Hall–Kier alpha value is -1.73. The molecule has 0 aromatic carbocycles. The number of anilines is 1. The first-order chi connectivity index (χ1) is 8.74. The lowest BCUT2D eigenvalue weighted by Gasteiger charge is -2.16. The minimum absolute atomic E-state index is 0.316. The average molecular weight is 251 g/mol. The van der Waals surface area contributed by atoms with Gasteiger partial charge in [-0.2, -0.15) is 5.10 Å². The number of fused-ring (bicyclic) bond motifs is 1. The number of hydrogen-bond acceptors (Lipinski definition) is 6. The molecule has 0 spiro atoms. The monoisotopic (exact) mass is 251 g/mol. The molecule has 0 bridgehead atoms. The van der Waals surface area contributed by atoms with E-state index in [1.807, 2.05) is 13.8 Å². The highest BCUT2D eigenvalue weighted by molar-refractivity contribution is 5.84. The van der Waals surface area contributed by atoms with Crippen LogP contribution in [-0.2, 0) is 16.0 Å². The van der Waals surface area contributed by atoms with E-state index in [2.05, 4.69) is 15.1 Å². The maximum Gasteiger partial charge on any atom is 0.186 e. The van der Waals surface area contributed by atoms with Gasteiger partial charge in [-0.15, -0.1) is 0 Å². The molecule has 0 aliphatic carbocycles. The van der Waals surface area contributed by atoms with E-state index in [4.69, 9.17) is 15.2 Å². The molecule has 0 radical (unpaired) electrons. The van der Waals surface area contributed by atoms with E-state index in [1.54, 1.807) is 10.9 Å². The first kappa shape index (κ1) is 12.7. The molecule has 18 heavy (non-hydrogen) atoms. The molecular formula is C11H17N5O2. The van der Waals surface area contributed by atoms with Crippen molar-refractivity contribution < 1.29 is 9.47 Å². The number of ether oxygens (including phenoxy) is 2. The predicted molar refractivity (Wildman–Crippen MR) is 66.8 cm³/mol. The van der Waals surface area contributed by atoms with Gasteiger partial charge in [-0.3, -0.25) is 4.68 Å². The lowest BCUT2D eigenvalue weighted by molar-refractivity contribution is -0.144. The highest BCUT2D eigenvalue weighted by Gasteiger charge is 2.12. The molecular weight excluding hydrogens is 234 g/mol. The van der Waals surface area contributed by atoms with Crippen LogP contribution in [0.4, 0.5) is 5.82 Å². The summed E-state index contributed by atoms with van der Waals surface area (Å²) in [7, 11) is 0. The summed E-state index contributed by atoms with van der Waals surface area (Å²) in [6.07, 6.45) is 2.89. The summed E-state index contributed by atoms with van der Waals surface area (Å²) < 4.78 is 12.6. The Morgan fingerprint density at radius 3 is 2.61 bits per heavy atom. The fourth-order valence-corrected chi connectivity index (χ4v) is 1.67. The molecule has 0 saturated heterocycles. The van der Waals surface area contributed by atoms with Gasteiger partial charge < -0.3 is 15.2 Å². The summed E-state index contributed by atoms with van der Waals surface area (Å²) >= 11 is 0. The van der Waals surface area contributed by atoms with Crippen LogP contribution in [-0.4, -0.2) is 39.3 Å². The van der Waals surface area contributed by atoms with Crippen LogP contribution >= 0.6 is 0 Å². The Kier molecular flexibility index (Phi) is 4.06. The molecule has 2 rings (SSSR count). The minimum atomic E-state index is -0.316. The number of aromatic nitrogens is 4. The molecule has 0 aliphatic heterocycles. The maximum atomic E-state index is 5.75. The summed E-state index contributed by atoms with van der Waals surface area (Å²) in [5, 5.41) is 5.04. The molecule has 0 unspecified atom stereocenters. The molecule has 0 saturated carbocycles. The van der Waals surface area contributed by atoms with E-state index in [1.165, 1.54) is 6.33 Å². The third-order valence-electron chi connectivity index (χ3n) is 2.44. The fourth-order valence-electron chi connectivity index (χ4n) is 1.67. The van der Waals surface area contributed by atoms with Crippen LogP contribution < -0.4 is 5.73 Å². The molecule has 0 amide bonds. The first-order valence-corrected chi connectivity index (χ1v) is 5.91. The van der Waals surface area contributed by atoms with Gasteiger partial charge in [0.15, 0.2) is 11.9 Å². The van der Waals surface area contributed by atoms with Gasteiger partial charge >= 0.3 is 0 Å². The lowest BCUT2D eigenvalue weighted by Crippen LogP contribution is -2.23. The molecule has 2 aromatic rings. The van der Waals surface area contributed by atoms with Crippen LogP contribution in [0.3, 0.4) is 0 Å². The minimum Gasteiger partial charge on any atom is -0.383 e. The van der Waals surface area contributed by atoms with Gasteiger partial charge in [0.05, 0.1) is 11.9 Å². The lowest BCUT2D eigenvalue weighted by atomic mass is 10.4. The zero-order valence-electron chi connectivity index (χ0n) is 10.5. The SMILES string of the molecule is CCOC(Cn1cc2c(N)ncnc2n1)OCC. The van der Waals surface area contributed by atoms with E-state index < -0.39 is 0 Å². The van der Waals surface area contributed by atoms with E-state index in [9.17, 15) is 0 Å². The van der Waals surface area contributed by atoms with Crippen molar-refractivity contribution in [1.29, 1.82) is 0 Å². The van der Waals surface area contributed by atoms with Crippen molar-refractivity contribution in [3.8, 4) is 0 Å². The van der Waals surface area contributed by atoms with E-state index >= 15 is 0 Å². The van der Waals surface area contributed by atoms with Crippen LogP contribution in [0.2, 0.25) is 0 Å². The molecule has 2 heterocycles. The van der Waals surface area contributed by atoms with Crippen LogP contribution in [0.1, 0.15) is 13.8 Å². The third-order valence-corrected chi connectivity index (χ3v) is 2.44. The van der Waals surface area contributed by atoms with Crippen LogP contribution in [0.5, 0.6) is 0 Å². The Bertz CT molecular complexity index is 507. The molecule has 7 heteroatoms. The van der Waals surface area contributed by atoms with Crippen molar-refractivity contribution in [2.24, 2.45) is 0 Å². The quantitative estimate of drug-likeness (QED) is 0.764. The van der Waals surface area contributed by atoms with Gasteiger partial charge in [0.1, 0.15) is 12.1 Å². The van der Waals surface area contributed by atoms with Gasteiger partial charge in [-0.25, -0.2) is 9.97 Å². The van der Waals surface area contributed by atoms with E-state index in [-0.39, 0.29) is 6.29 Å². The van der Waals surface area contributed by atoms with Crippen LogP contribution in [0.25, 0.3) is 11.0 Å². The fraction of sp³-hybridized carbons (Fsp3) is 0.545. The van der Waals surface area contributed by atoms with Crippen LogP contribution in [0, 0.1) is 0 Å². The molecule has 0 aliphatic rings. The Morgan fingerprint density at radius 2 is 2.00 bits per heavy atom. The zero-order valence-corrected chi connectivity index (χ0v) is 10.5. The van der Waals surface area contributed by atoms with Crippen LogP contribution in [0.15, 0.2) is 12.5 Å². The van der Waals surface area contributed by atoms with E-state index in [0.717, 1.165) is 5.39 Å². The van der Waals surface area contributed by atoms with Gasteiger partial charge in [-0.1, -0.05) is 0 Å². The second-order valence-corrected chi connectivity index (χ2v) is 3.69. The summed E-state index contributed by atoms with van der Waals surface area (Å²) in [5.74, 6) is 0.426. The summed E-state index contributed by atoms with van der Waals surface area (Å²) in [6.45, 7) is 5.53. The topological polar surface area (TPSA) is 88.1 Å². The Balaban J connectivity index is 2.17. The second kappa shape index (κ2) is 5.74. The molecule has 2 N–H and O–H groups in total. The molecule has 0 atom stereocenters. The number of rotatable bonds is 6. The Morgan fingerprint density at radius 1 is 1.28 bits per heavy atom. The molecule has 2 aromatic heterocycles. The first-order valence-electron chi connectivity index (χ1n) is 5.91. The molecule has 7 nitrogen and oxygen atoms in total. The highest BCUT2D eigenvalue weighted by atomic mass is 16.7. The third kappa shape index (κ3) is 2.74. The zero-order chi connectivity index (χ0) is 13.0. The van der Waals surface area contributed by atoms with Gasteiger partial charge in [-0.05, 0) is 13.8 Å². The number of hydrogen-bond donors (Lipinski definition) is 1. The number of nitrogens with zero attached hydrogens (tertiary/aromatic N) is 4. The van der Waals surface area contributed by atoms with Crippen molar-refractivity contribution in [2.75, 3.05) is 18.9 Å². The number of nitrogens with two attached hydrogens (primary N) is 1. The van der Waals surface area contributed by atoms with E-state index in [0.29, 0.717) is 31.2 Å². The van der Waals surface area contributed by atoms with Crippen molar-refractivity contribution in [3.05, 3.63) is 12.5 Å². The Labute approximate surface area is 105 Å². The highest BCUT2D eigenvalue weighted by Crippen LogP contribution is 2.14. The summed E-state index contributed by atoms with van der Waals surface area (Å²) in [4.78, 5) is 7.98. The normalized spacial score (nSPS) is 11.5. The predicted octanol–water partition coefficient (Wildman–Crippen LogP) is 0.808. The van der Waals surface area contributed by atoms with Gasteiger partial charge in [0, 0.05) is 19.4 Å². The maximum absolute atomic E-state index is 5.75. The molecule has 0 fully saturated rings. The second-order valence-electron chi connectivity index (χ2n) is 3.69. The number of nitrogen functional groups attached to an aromatic ring is 1. The average Bonchev–Trinajstić information content (AvgIpc) is 2.74. The van der Waals surface area contributed by atoms with Crippen molar-refractivity contribution in [2.45, 2.75) is 26.7 Å².